The Morgan fingerprint density at radius 3 is 2.11 bits per heavy atom. The zero-order valence-electron chi connectivity index (χ0n) is 20.4. The van der Waals surface area contributed by atoms with E-state index in [1.165, 1.54) is 23.1 Å². The maximum atomic E-state index is 13.1. The fraction of sp³-hybridized carbons (Fsp3) is 0.407. The maximum Gasteiger partial charge on any atom is 0.266 e. The van der Waals surface area contributed by atoms with Gasteiger partial charge in [0.2, 0.25) is 0 Å². The molecule has 3 aliphatic rings. The van der Waals surface area contributed by atoms with Gasteiger partial charge in [-0.15, -0.1) is 0 Å². The molecule has 5 rings (SSSR count). The summed E-state index contributed by atoms with van der Waals surface area (Å²) >= 11 is 1.45. The van der Waals surface area contributed by atoms with Crippen molar-refractivity contribution in [1.29, 1.82) is 0 Å². The number of benzene rings is 2. The van der Waals surface area contributed by atoms with Gasteiger partial charge in [0.25, 0.3) is 5.91 Å². The smallest absolute Gasteiger partial charge is 0.266 e. The third kappa shape index (κ3) is 5.39. The fourth-order valence-electron chi connectivity index (χ4n) is 4.52. The van der Waals surface area contributed by atoms with Crippen LogP contribution in [-0.4, -0.2) is 75.1 Å². The van der Waals surface area contributed by atoms with E-state index < -0.39 is 0 Å². The monoisotopic (exact) mass is 492 g/mol. The number of carbonyl (C=O) groups is 1. The van der Waals surface area contributed by atoms with Crippen molar-refractivity contribution in [2.24, 2.45) is 4.99 Å². The van der Waals surface area contributed by atoms with Crippen molar-refractivity contribution in [3.05, 3.63) is 58.5 Å². The number of amides is 1. The van der Waals surface area contributed by atoms with Gasteiger partial charge in [-0.25, -0.2) is 4.99 Å². The number of carbonyl (C=O) groups excluding carboxylic acids is 1. The first-order chi connectivity index (χ1) is 17.1. The molecule has 3 heterocycles. The van der Waals surface area contributed by atoms with E-state index in [2.05, 4.69) is 47.1 Å². The predicted molar refractivity (Wildman–Crippen MR) is 144 cm³/mol. The minimum atomic E-state index is 0.0119. The number of aliphatic imine (C=N–C) groups is 1. The first kappa shape index (κ1) is 23.9. The van der Waals surface area contributed by atoms with Crippen LogP contribution in [-0.2, 0) is 14.3 Å². The molecule has 3 saturated heterocycles. The topological polar surface area (TPSA) is 57.6 Å². The van der Waals surface area contributed by atoms with Crippen LogP contribution < -0.4 is 9.80 Å². The molecule has 2 aromatic carbocycles. The predicted octanol–water partition coefficient (Wildman–Crippen LogP) is 4.29. The minimum Gasteiger partial charge on any atom is -0.378 e. The van der Waals surface area contributed by atoms with Crippen molar-refractivity contribution in [1.82, 2.24) is 4.90 Å². The standard InChI is InChI=1S/C27H32N4O3S/c1-3-31-26(32)25(19-21-4-7-24(18-20(21)2)30-12-16-34-17-13-30)35-27(31)28-22-5-8-23(9-6-22)29-10-14-33-15-11-29/h4-9,18-19H,3,10-17H2,1-2H3/b25-19+,28-27?. The molecule has 0 saturated carbocycles. The lowest BCUT2D eigenvalue weighted by atomic mass is 10.1. The van der Waals surface area contributed by atoms with Gasteiger partial charge in [0.1, 0.15) is 0 Å². The third-order valence-electron chi connectivity index (χ3n) is 6.57. The van der Waals surface area contributed by atoms with Crippen LogP contribution in [0.25, 0.3) is 6.08 Å². The van der Waals surface area contributed by atoms with Gasteiger partial charge in [-0.1, -0.05) is 6.07 Å². The summed E-state index contributed by atoms with van der Waals surface area (Å²) in [7, 11) is 0. The van der Waals surface area contributed by atoms with E-state index in [4.69, 9.17) is 14.5 Å². The molecule has 0 N–H and O–H groups in total. The van der Waals surface area contributed by atoms with Crippen LogP contribution in [0.15, 0.2) is 52.4 Å². The second-order valence-corrected chi connectivity index (χ2v) is 9.82. The zero-order valence-corrected chi connectivity index (χ0v) is 21.2. The van der Waals surface area contributed by atoms with Crippen molar-refractivity contribution in [3.63, 3.8) is 0 Å². The lowest BCUT2D eigenvalue weighted by Crippen LogP contribution is -2.36. The Labute approximate surface area is 211 Å². The van der Waals surface area contributed by atoms with Gasteiger partial charge >= 0.3 is 0 Å². The van der Waals surface area contributed by atoms with Crippen molar-refractivity contribution < 1.29 is 14.3 Å². The highest BCUT2D eigenvalue weighted by Crippen LogP contribution is 2.35. The molecule has 8 heteroatoms. The number of amidine groups is 1. The summed E-state index contributed by atoms with van der Waals surface area (Å²) in [4.78, 5) is 25.1. The van der Waals surface area contributed by atoms with E-state index in [-0.39, 0.29) is 5.91 Å². The van der Waals surface area contributed by atoms with Gasteiger partial charge in [0.15, 0.2) is 5.17 Å². The number of ether oxygens (including phenoxy) is 2. The van der Waals surface area contributed by atoms with Crippen LogP contribution >= 0.6 is 11.8 Å². The number of hydrogen-bond acceptors (Lipinski definition) is 7. The maximum absolute atomic E-state index is 13.1. The quantitative estimate of drug-likeness (QED) is 0.581. The van der Waals surface area contributed by atoms with Crippen LogP contribution in [0.2, 0.25) is 0 Å². The highest BCUT2D eigenvalue weighted by molar-refractivity contribution is 8.18. The summed E-state index contributed by atoms with van der Waals surface area (Å²) in [5.41, 5.74) is 5.45. The molecule has 0 unspecified atom stereocenters. The second-order valence-electron chi connectivity index (χ2n) is 8.81. The molecule has 1 amide bonds. The number of aryl methyl sites for hydroxylation is 1. The molecular formula is C27H32N4O3S. The van der Waals surface area contributed by atoms with Crippen LogP contribution in [0.3, 0.4) is 0 Å². The highest BCUT2D eigenvalue weighted by Gasteiger charge is 2.32. The minimum absolute atomic E-state index is 0.0119. The Balaban J connectivity index is 1.33. The number of nitrogens with zero attached hydrogens (tertiary/aromatic N) is 4. The Bertz CT molecular complexity index is 1120. The third-order valence-corrected chi connectivity index (χ3v) is 7.58. The molecule has 0 atom stereocenters. The number of likely N-dealkylation sites (N-methyl/N-ethyl adjacent to an activating group) is 1. The molecule has 0 spiro atoms. The van der Waals surface area contributed by atoms with Crippen molar-refractivity contribution >= 4 is 46.0 Å². The molecule has 3 fully saturated rings. The normalized spacial score (nSPS) is 21.4. The Morgan fingerprint density at radius 1 is 0.914 bits per heavy atom. The molecule has 0 radical (unpaired) electrons. The van der Waals surface area contributed by atoms with Gasteiger partial charge in [-0.05, 0) is 79.2 Å². The summed E-state index contributed by atoms with van der Waals surface area (Å²) in [5, 5.41) is 0.727. The molecule has 35 heavy (non-hydrogen) atoms. The number of morpholine rings is 2. The molecule has 0 aromatic heterocycles. The van der Waals surface area contributed by atoms with Crippen LogP contribution in [0.4, 0.5) is 17.1 Å². The molecule has 184 valence electrons. The fourth-order valence-corrected chi connectivity index (χ4v) is 5.57. The van der Waals surface area contributed by atoms with Crippen LogP contribution in [0.5, 0.6) is 0 Å². The molecular weight excluding hydrogens is 460 g/mol. The van der Waals surface area contributed by atoms with E-state index >= 15 is 0 Å². The van der Waals surface area contributed by atoms with Gasteiger partial charge in [-0.3, -0.25) is 9.69 Å². The summed E-state index contributed by atoms with van der Waals surface area (Å²) < 4.78 is 10.9. The first-order valence-corrected chi connectivity index (χ1v) is 13.1. The average Bonchev–Trinajstić information content (AvgIpc) is 3.20. The Morgan fingerprint density at radius 2 is 1.51 bits per heavy atom. The highest BCUT2D eigenvalue weighted by atomic mass is 32.2. The van der Waals surface area contributed by atoms with E-state index in [1.54, 1.807) is 4.90 Å². The van der Waals surface area contributed by atoms with Gasteiger partial charge in [0.05, 0.1) is 37.0 Å². The number of rotatable bonds is 5. The van der Waals surface area contributed by atoms with E-state index in [0.717, 1.165) is 74.6 Å². The summed E-state index contributed by atoms with van der Waals surface area (Å²) in [6, 6.07) is 14.7. The molecule has 3 aliphatic heterocycles. The van der Waals surface area contributed by atoms with Crippen LogP contribution in [0, 0.1) is 6.92 Å². The lowest BCUT2D eigenvalue weighted by Gasteiger charge is -2.29. The lowest BCUT2D eigenvalue weighted by molar-refractivity contribution is -0.122. The molecule has 0 aliphatic carbocycles. The van der Waals surface area contributed by atoms with Crippen molar-refractivity contribution in [3.8, 4) is 0 Å². The SMILES string of the molecule is CCN1C(=O)/C(=C\c2ccc(N3CCOCC3)cc2C)SC1=Nc1ccc(N2CCOCC2)cc1. The molecule has 7 nitrogen and oxygen atoms in total. The first-order valence-electron chi connectivity index (χ1n) is 12.3. The zero-order chi connectivity index (χ0) is 24.2. The summed E-state index contributed by atoms with van der Waals surface area (Å²) in [6.07, 6.45) is 2.00. The van der Waals surface area contributed by atoms with E-state index in [9.17, 15) is 4.79 Å². The van der Waals surface area contributed by atoms with E-state index in [1.807, 2.05) is 25.1 Å². The van der Waals surface area contributed by atoms with Gasteiger partial charge < -0.3 is 19.3 Å². The number of hydrogen-bond donors (Lipinski definition) is 0. The van der Waals surface area contributed by atoms with Crippen LogP contribution in [0.1, 0.15) is 18.1 Å². The number of anilines is 2. The van der Waals surface area contributed by atoms with Crippen molar-refractivity contribution in [2.45, 2.75) is 13.8 Å². The Hall–Kier alpha value is -2.81. The van der Waals surface area contributed by atoms with Crippen molar-refractivity contribution in [2.75, 3.05) is 69.0 Å². The second kappa shape index (κ2) is 10.8. The summed E-state index contributed by atoms with van der Waals surface area (Å²) in [5.74, 6) is 0.0119. The summed E-state index contributed by atoms with van der Waals surface area (Å²) in [6.45, 7) is 11.4. The van der Waals surface area contributed by atoms with Gasteiger partial charge in [0, 0.05) is 44.1 Å². The largest absolute Gasteiger partial charge is 0.378 e. The van der Waals surface area contributed by atoms with E-state index in [0.29, 0.717) is 11.4 Å². The van der Waals surface area contributed by atoms with Gasteiger partial charge in [-0.2, -0.15) is 0 Å². The molecule has 2 aromatic rings. The number of thioether (sulfide) groups is 1. The molecule has 0 bridgehead atoms. The average molecular weight is 493 g/mol. The Kier molecular flexibility index (Phi) is 7.41.